The molecule has 0 saturated carbocycles. The SMILES string of the molecule is CCOCCN(CC)C1CNc2ccccc2C1. The van der Waals surface area contributed by atoms with Gasteiger partial charge in [-0.3, -0.25) is 4.90 Å². The predicted octanol–water partition coefficient (Wildman–Crippen LogP) is 2.38. The Morgan fingerprint density at radius 2 is 2.17 bits per heavy atom. The van der Waals surface area contributed by atoms with Gasteiger partial charge in [-0.2, -0.15) is 0 Å². The van der Waals surface area contributed by atoms with Gasteiger partial charge in [0.1, 0.15) is 0 Å². The van der Waals surface area contributed by atoms with Gasteiger partial charge in [0.05, 0.1) is 6.61 Å². The molecule has 1 unspecified atom stereocenters. The number of rotatable bonds is 6. The van der Waals surface area contributed by atoms with Crippen LogP contribution in [0.15, 0.2) is 24.3 Å². The van der Waals surface area contributed by atoms with Crippen molar-refractivity contribution in [2.45, 2.75) is 26.3 Å². The number of hydrogen-bond acceptors (Lipinski definition) is 3. The summed E-state index contributed by atoms with van der Waals surface area (Å²) in [7, 11) is 0. The predicted molar refractivity (Wildman–Crippen MR) is 76.2 cm³/mol. The zero-order chi connectivity index (χ0) is 12.8. The fraction of sp³-hybridized carbons (Fsp3) is 0.600. The summed E-state index contributed by atoms with van der Waals surface area (Å²) in [6.07, 6.45) is 1.14. The second-order valence-electron chi connectivity index (χ2n) is 4.72. The van der Waals surface area contributed by atoms with Crippen molar-refractivity contribution in [3.05, 3.63) is 29.8 Å². The van der Waals surface area contributed by atoms with Crippen molar-refractivity contribution in [3.63, 3.8) is 0 Å². The summed E-state index contributed by atoms with van der Waals surface area (Å²) in [6, 6.07) is 9.20. The molecule has 0 saturated heterocycles. The molecule has 1 aromatic carbocycles. The summed E-state index contributed by atoms with van der Waals surface area (Å²) in [4.78, 5) is 2.51. The van der Waals surface area contributed by atoms with Crippen LogP contribution in [0, 0.1) is 0 Å². The molecule has 3 heteroatoms. The molecular formula is C15H24N2O. The highest BCUT2D eigenvalue weighted by Crippen LogP contribution is 2.23. The monoisotopic (exact) mass is 248 g/mol. The van der Waals surface area contributed by atoms with Gasteiger partial charge in [0.2, 0.25) is 0 Å². The number of hydrogen-bond donors (Lipinski definition) is 1. The van der Waals surface area contributed by atoms with E-state index in [4.69, 9.17) is 4.74 Å². The third-order valence-corrected chi connectivity index (χ3v) is 3.65. The number of benzene rings is 1. The molecule has 2 rings (SSSR count). The molecule has 0 spiro atoms. The van der Waals surface area contributed by atoms with Crippen molar-refractivity contribution < 1.29 is 4.74 Å². The third kappa shape index (κ3) is 3.24. The molecular weight excluding hydrogens is 224 g/mol. The Morgan fingerprint density at radius 1 is 1.33 bits per heavy atom. The Labute approximate surface area is 110 Å². The van der Waals surface area contributed by atoms with Crippen LogP contribution in [0.5, 0.6) is 0 Å². The maximum atomic E-state index is 5.46. The number of nitrogens with zero attached hydrogens (tertiary/aromatic N) is 1. The summed E-state index contributed by atoms with van der Waals surface area (Å²) in [6.45, 7) is 9.07. The molecule has 1 heterocycles. The fourth-order valence-corrected chi connectivity index (χ4v) is 2.61. The highest BCUT2D eigenvalue weighted by atomic mass is 16.5. The van der Waals surface area contributed by atoms with Gasteiger partial charge in [-0.25, -0.2) is 0 Å². The van der Waals surface area contributed by atoms with E-state index in [1.54, 1.807) is 0 Å². The second-order valence-corrected chi connectivity index (χ2v) is 4.72. The molecule has 0 aromatic heterocycles. The van der Waals surface area contributed by atoms with Gasteiger partial charge in [0.15, 0.2) is 0 Å². The van der Waals surface area contributed by atoms with E-state index < -0.39 is 0 Å². The highest BCUT2D eigenvalue weighted by molar-refractivity contribution is 5.53. The standard InChI is InChI=1S/C15H24N2O/c1-3-17(9-10-18-4-2)14-11-13-7-5-6-8-15(13)16-12-14/h5-8,14,16H,3-4,9-12H2,1-2H3. The Bertz CT molecular complexity index is 367. The lowest BCUT2D eigenvalue weighted by Gasteiger charge is -2.35. The molecule has 1 aliphatic heterocycles. The molecule has 1 N–H and O–H groups in total. The van der Waals surface area contributed by atoms with Gasteiger partial charge >= 0.3 is 0 Å². The number of fused-ring (bicyclic) bond motifs is 1. The van der Waals surface area contributed by atoms with Crippen molar-refractivity contribution in [2.24, 2.45) is 0 Å². The minimum Gasteiger partial charge on any atom is -0.383 e. The molecule has 0 fully saturated rings. The molecule has 0 amide bonds. The van der Waals surface area contributed by atoms with Gasteiger partial charge in [-0.15, -0.1) is 0 Å². The van der Waals surface area contributed by atoms with Gasteiger partial charge < -0.3 is 10.1 Å². The van der Waals surface area contributed by atoms with Crippen LogP contribution in [0.2, 0.25) is 0 Å². The van der Waals surface area contributed by atoms with Gasteiger partial charge in [-0.05, 0) is 31.5 Å². The average molecular weight is 248 g/mol. The number of nitrogens with one attached hydrogen (secondary N) is 1. The first-order valence-electron chi connectivity index (χ1n) is 6.98. The first-order chi connectivity index (χ1) is 8.85. The smallest absolute Gasteiger partial charge is 0.0593 e. The summed E-state index contributed by atoms with van der Waals surface area (Å²) in [5, 5.41) is 3.54. The van der Waals surface area contributed by atoms with E-state index in [0.29, 0.717) is 6.04 Å². The number of likely N-dealkylation sites (N-methyl/N-ethyl adjacent to an activating group) is 1. The van der Waals surface area contributed by atoms with Crippen molar-refractivity contribution in [2.75, 3.05) is 38.2 Å². The van der Waals surface area contributed by atoms with Gasteiger partial charge in [0.25, 0.3) is 0 Å². The Balaban J connectivity index is 1.93. The van der Waals surface area contributed by atoms with E-state index in [1.165, 1.54) is 11.3 Å². The van der Waals surface area contributed by atoms with Crippen LogP contribution in [-0.4, -0.2) is 43.8 Å². The average Bonchev–Trinajstić information content (AvgIpc) is 2.43. The topological polar surface area (TPSA) is 24.5 Å². The quantitative estimate of drug-likeness (QED) is 0.782. The molecule has 1 aromatic rings. The zero-order valence-electron chi connectivity index (χ0n) is 11.5. The maximum Gasteiger partial charge on any atom is 0.0593 e. The van der Waals surface area contributed by atoms with Crippen LogP contribution in [0.4, 0.5) is 5.69 Å². The van der Waals surface area contributed by atoms with E-state index in [9.17, 15) is 0 Å². The largest absolute Gasteiger partial charge is 0.383 e. The summed E-state index contributed by atoms with van der Waals surface area (Å²) in [5.74, 6) is 0. The van der Waals surface area contributed by atoms with E-state index in [2.05, 4.69) is 48.3 Å². The molecule has 3 nitrogen and oxygen atoms in total. The number of para-hydroxylation sites is 1. The lowest BCUT2D eigenvalue weighted by molar-refractivity contribution is 0.0982. The molecule has 0 bridgehead atoms. The van der Waals surface area contributed by atoms with Crippen molar-refractivity contribution in [1.82, 2.24) is 4.90 Å². The third-order valence-electron chi connectivity index (χ3n) is 3.65. The van der Waals surface area contributed by atoms with Crippen LogP contribution >= 0.6 is 0 Å². The molecule has 18 heavy (non-hydrogen) atoms. The highest BCUT2D eigenvalue weighted by Gasteiger charge is 2.22. The van der Waals surface area contributed by atoms with Crippen LogP contribution in [0.3, 0.4) is 0 Å². The van der Waals surface area contributed by atoms with Gasteiger partial charge in [-0.1, -0.05) is 25.1 Å². The second kappa shape index (κ2) is 6.76. The Hall–Kier alpha value is -1.06. The Morgan fingerprint density at radius 3 is 2.94 bits per heavy atom. The molecule has 0 aliphatic carbocycles. The molecule has 100 valence electrons. The first kappa shape index (κ1) is 13.4. The van der Waals surface area contributed by atoms with E-state index in [1.807, 2.05) is 0 Å². The van der Waals surface area contributed by atoms with Crippen LogP contribution in [0.1, 0.15) is 19.4 Å². The number of anilines is 1. The minimum absolute atomic E-state index is 0.588. The first-order valence-corrected chi connectivity index (χ1v) is 6.98. The fourth-order valence-electron chi connectivity index (χ4n) is 2.61. The van der Waals surface area contributed by atoms with Crippen LogP contribution < -0.4 is 5.32 Å². The number of ether oxygens (including phenoxy) is 1. The summed E-state index contributed by atoms with van der Waals surface area (Å²) < 4.78 is 5.46. The van der Waals surface area contributed by atoms with Crippen molar-refractivity contribution in [1.29, 1.82) is 0 Å². The summed E-state index contributed by atoms with van der Waals surface area (Å²) in [5.41, 5.74) is 2.73. The normalized spacial score (nSPS) is 18.5. The van der Waals surface area contributed by atoms with Crippen LogP contribution in [0.25, 0.3) is 0 Å². The van der Waals surface area contributed by atoms with E-state index in [-0.39, 0.29) is 0 Å². The lowest BCUT2D eigenvalue weighted by atomic mass is 9.98. The summed E-state index contributed by atoms with van der Waals surface area (Å²) >= 11 is 0. The molecule has 0 radical (unpaired) electrons. The van der Waals surface area contributed by atoms with E-state index >= 15 is 0 Å². The lowest BCUT2D eigenvalue weighted by Crippen LogP contribution is -2.45. The van der Waals surface area contributed by atoms with Crippen molar-refractivity contribution >= 4 is 5.69 Å². The molecule has 1 aliphatic rings. The van der Waals surface area contributed by atoms with Gasteiger partial charge in [0, 0.05) is 31.4 Å². The molecule has 1 atom stereocenters. The zero-order valence-corrected chi connectivity index (χ0v) is 11.5. The maximum absolute atomic E-state index is 5.46. The van der Waals surface area contributed by atoms with Crippen molar-refractivity contribution in [3.8, 4) is 0 Å². The Kier molecular flexibility index (Phi) is 5.02. The van der Waals surface area contributed by atoms with E-state index in [0.717, 1.165) is 39.3 Å². The minimum atomic E-state index is 0.588. The van der Waals surface area contributed by atoms with Crippen LogP contribution in [-0.2, 0) is 11.2 Å².